The topological polar surface area (TPSA) is 74.8 Å². The summed E-state index contributed by atoms with van der Waals surface area (Å²) in [6.45, 7) is 4.15. The molecular weight excluding hydrogens is 437 g/mol. The van der Waals surface area contributed by atoms with Crippen LogP contribution in [0.5, 0.6) is 0 Å². The highest BCUT2D eigenvalue weighted by Crippen LogP contribution is 2.19. The van der Waals surface area contributed by atoms with E-state index < -0.39 is 11.6 Å². The van der Waals surface area contributed by atoms with Crippen molar-refractivity contribution in [1.82, 2.24) is 20.1 Å². The highest BCUT2D eigenvalue weighted by molar-refractivity contribution is 5.80. The zero-order chi connectivity index (χ0) is 23.8. The SMILES string of the molecule is CN1Cc2cc(F)ccc2CC1=O.O=C(CCN1CCOCC1)NCc1ncc(F)cc1F. The average Bonchev–Trinajstić information content (AvgIpc) is 2.79. The van der Waals surface area contributed by atoms with Gasteiger partial charge in [-0.05, 0) is 23.3 Å². The molecule has 1 N–H and O–H groups in total. The third-order valence-corrected chi connectivity index (χ3v) is 5.44. The monoisotopic (exact) mass is 464 g/mol. The largest absolute Gasteiger partial charge is 0.379 e. The summed E-state index contributed by atoms with van der Waals surface area (Å²) in [5, 5.41) is 2.58. The molecule has 0 atom stereocenters. The molecule has 178 valence electrons. The lowest BCUT2D eigenvalue weighted by atomic mass is 10.00. The number of benzene rings is 1. The zero-order valence-corrected chi connectivity index (χ0v) is 18.5. The van der Waals surface area contributed by atoms with Gasteiger partial charge in [0.2, 0.25) is 11.8 Å². The van der Waals surface area contributed by atoms with Crippen LogP contribution in [0.1, 0.15) is 23.2 Å². The van der Waals surface area contributed by atoms with E-state index in [0.29, 0.717) is 39.1 Å². The lowest BCUT2D eigenvalue weighted by molar-refractivity contribution is -0.130. The van der Waals surface area contributed by atoms with Crippen LogP contribution in [-0.2, 0) is 33.8 Å². The molecule has 0 bridgehead atoms. The number of rotatable bonds is 5. The summed E-state index contributed by atoms with van der Waals surface area (Å²) >= 11 is 0. The predicted octanol–water partition coefficient (Wildman–Crippen LogP) is 2.04. The third-order valence-electron chi connectivity index (χ3n) is 5.44. The minimum atomic E-state index is -0.751. The molecule has 0 unspecified atom stereocenters. The first kappa shape index (κ1) is 24.7. The second-order valence-corrected chi connectivity index (χ2v) is 7.90. The number of carbonyl (C=O) groups is 2. The Kier molecular flexibility index (Phi) is 8.79. The van der Waals surface area contributed by atoms with Crippen molar-refractivity contribution in [2.24, 2.45) is 0 Å². The fourth-order valence-corrected chi connectivity index (χ4v) is 3.48. The number of hydrogen-bond donors (Lipinski definition) is 1. The molecule has 1 fully saturated rings. The highest BCUT2D eigenvalue weighted by atomic mass is 19.1. The summed E-state index contributed by atoms with van der Waals surface area (Å²) in [6.07, 6.45) is 1.66. The predicted molar refractivity (Wildman–Crippen MR) is 114 cm³/mol. The number of hydrogen-bond acceptors (Lipinski definition) is 5. The van der Waals surface area contributed by atoms with Crippen LogP contribution in [0.3, 0.4) is 0 Å². The number of ether oxygens (including phenoxy) is 1. The van der Waals surface area contributed by atoms with Gasteiger partial charge in [0.1, 0.15) is 17.5 Å². The van der Waals surface area contributed by atoms with Crippen molar-refractivity contribution in [3.05, 3.63) is 64.7 Å². The molecule has 2 aromatic rings. The number of fused-ring (bicyclic) bond motifs is 1. The van der Waals surface area contributed by atoms with Crippen molar-refractivity contribution in [3.63, 3.8) is 0 Å². The van der Waals surface area contributed by atoms with Gasteiger partial charge in [0.25, 0.3) is 0 Å². The van der Waals surface area contributed by atoms with Crippen molar-refractivity contribution in [2.45, 2.75) is 25.9 Å². The fourth-order valence-electron chi connectivity index (χ4n) is 3.48. The van der Waals surface area contributed by atoms with E-state index in [4.69, 9.17) is 4.74 Å². The summed E-state index contributed by atoms with van der Waals surface area (Å²) in [5.74, 6) is -1.80. The third kappa shape index (κ3) is 7.54. The van der Waals surface area contributed by atoms with Crippen LogP contribution in [0, 0.1) is 17.5 Å². The van der Waals surface area contributed by atoms with Crippen LogP contribution in [0.25, 0.3) is 0 Å². The first-order valence-electron chi connectivity index (χ1n) is 10.7. The summed E-state index contributed by atoms with van der Waals surface area (Å²) in [6, 6.07) is 5.34. The van der Waals surface area contributed by atoms with Gasteiger partial charge in [-0.15, -0.1) is 0 Å². The smallest absolute Gasteiger partial charge is 0.227 e. The Bertz CT molecular complexity index is 983. The molecule has 33 heavy (non-hydrogen) atoms. The Morgan fingerprint density at radius 3 is 2.61 bits per heavy atom. The molecule has 2 aliphatic rings. The molecule has 3 heterocycles. The number of pyridine rings is 1. The highest BCUT2D eigenvalue weighted by Gasteiger charge is 2.19. The molecule has 2 amide bonds. The van der Waals surface area contributed by atoms with Gasteiger partial charge in [0.05, 0.1) is 38.1 Å². The molecule has 0 aliphatic carbocycles. The Hall–Kier alpha value is -2.98. The van der Waals surface area contributed by atoms with Crippen LogP contribution >= 0.6 is 0 Å². The van der Waals surface area contributed by atoms with E-state index in [1.54, 1.807) is 18.0 Å². The van der Waals surface area contributed by atoms with E-state index in [-0.39, 0.29) is 29.9 Å². The van der Waals surface area contributed by atoms with Gasteiger partial charge in [-0.25, -0.2) is 13.2 Å². The maximum atomic E-state index is 13.3. The van der Waals surface area contributed by atoms with E-state index in [1.165, 1.54) is 12.1 Å². The maximum Gasteiger partial charge on any atom is 0.227 e. The van der Waals surface area contributed by atoms with Gasteiger partial charge >= 0.3 is 0 Å². The number of halogens is 3. The van der Waals surface area contributed by atoms with Crippen molar-refractivity contribution in [1.29, 1.82) is 0 Å². The minimum absolute atomic E-state index is 0.0334. The quantitative estimate of drug-likeness (QED) is 0.733. The number of likely N-dealkylation sites (N-methyl/N-ethyl adjacent to an activating group) is 1. The normalized spacial score (nSPS) is 16.0. The summed E-state index contributed by atoms with van der Waals surface area (Å²) in [7, 11) is 1.73. The minimum Gasteiger partial charge on any atom is -0.379 e. The van der Waals surface area contributed by atoms with Crippen molar-refractivity contribution in [3.8, 4) is 0 Å². The first-order chi connectivity index (χ1) is 15.8. The lowest BCUT2D eigenvalue weighted by Gasteiger charge is -2.26. The molecule has 1 aromatic heterocycles. The van der Waals surface area contributed by atoms with Crippen LogP contribution in [0.2, 0.25) is 0 Å². The van der Waals surface area contributed by atoms with Gasteiger partial charge in [-0.2, -0.15) is 0 Å². The number of nitrogens with zero attached hydrogens (tertiary/aromatic N) is 3. The second-order valence-electron chi connectivity index (χ2n) is 7.90. The maximum absolute atomic E-state index is 13.3. The molecular formula is C23H27F3N4O3. The van der Waals surface area contributed by atoms with Gasteiger partial charge in [-0.1, -0.05) is 6.07 Å². The number of nitrogens with one attached hydrogen (secondary N) is 1. The lowest BCUT2D eigenvalue weighted by Crippen LogP contribution is -2.38. The Morgan fingerprint density at radius 1 is 1.12 bits per heavy atom. The molecule has 0 saturated carbocycles. The fraction of sp³-hybridized carbons (Fsp3) is 0.435. The number of morpholine rings is 1. The second kappa shape index (κ2) is 11.8. The molecule has 7 nitrogen and oxygen atoms in total. The zero-order valence-electron chi connectivity index (χ0n) is 18.5. The van der Waals surface area contributed by atoms with Gasteiger partial charge in [0, 0.05) is 45.7 Å². The molecule has 1 saturated heterocycles. The Labute approximate surface area is 190 Å². The summed E-state index contributed by atoms with van der Waals surface area (Å²) < 4.78 is 44.0. The van der Waals surface area contributed by atoms with E-state index >= 15 is 0 Å². The molecule has 10 heteroatoms. The Balaban J connectivity index is 0.000000203. The van der Waals surface area contributed by atoms with Gasteiger partial charge in [-0.3, -0.25) is 19.5 Å². The van der Waals surface area contributed by atoms with Crippen LogP contribution in [0.4, 0.5) is 13.2 Å². The summed E-state index contributed by atoms with van der Waals surface area (Å²) in [5.41, 5.74) is 1.90. The standard InChI is InChI=1S/C13H17F2N3O2.C10H10FNO/c14-10-7-11(15)12(16-8-10)9-17-13(19)1-2-18-3-5-20-6-4-18;1-12-6-8-4-9(11)3-2-7(8)5-10(12)13/h7-8H,1-6,9H2,(H,17,19);2-4H,5-6H2,1H3. The van der Waals surface area contributed by atoms with Crippen molar-refractivity contribution in [2.75, 3.05) is 39.9 Å². The van der Waals surface area contributed by atoms with E-state index in [0.717, 1.165) is 36.5 Å². The van der Waals surface area contributed by atoms with Crippen LogP contribution in [0.15, 0.2) is 30.5 Å². The van der Waals surface area contributed by atoms with Gasteiger partial charge < -0.3 is 15.0 Å². The molecule has 0 spiro atoms. The molecule has 2 aliphatic heterocycles. The molecule has 1 aromatic carbocycles. The average molecular weight is 464 g/mol. The van der Waals surface area contributed by atoms with E-state index in [1.807, 2.05) is 0 Å². The van der Waals surface area contributed by atoms with Crippen LogP contribution in [-0.4, -0.2) is 66.5 Å². The number of amides is 2. The van der Waals surface area contributed by atoms with E-state index in [2.05, 4.69) is 15.2 Å². The van der Waals surface area contributed by atoms with Crippen LogP contribution < -0.4 is 5.32 Å². The first-order valence-corrected chi connectivity index (χ1v) is 10.7. The van der Waals surface area contributed by atoms with Gasteiger partial charge in [0.15, 0.2) is 0 Å². The summed E-state index contributed by atoms with van der Waals surface area (Å²) in [4.78, 5) is 30.3. The molecule has 4 rings (SSSR count). The molecule has 0 radical (unpaired) electrons. The van der Waals surface area contributed by atoms with E-state index in [9.17, 15) is 22.8 Å². The number of aromatic nitrogens is 1. The number of carbonyl (C=O) groups excluding carboxylic acids is 2. The van der Waals surface area contributed by atoms with Crippen molar-refractivity contribution < 1.29 is 27.5 Å². The van der Waals surface area contributed by atoms with Crippen molar-refractivity contribution >= 4 is 11.8 Å². The Morgan fingerprint density at radius 2 is 1.88 bits per heavy atom.